The van der Waals surface area contributed by atoms with E-state index in [1.54, 1.807) is 0 Å². The van der Waals surface area contributed by atoms with E-state index in [0.717, 1.165) is 44.9 Å². The summed E-state index contributed by atoms with van der Waals surface area (Å²) in [6, 6.07) is -1.08. The van der Waals surface area contributed by atoms with Gasteiger partial charge in [0.25, 0.3) is 0 Å². The van der Waals surface area contributed by atoms with Crippen LogP contribution in [0.15, 0.2) is 0 Å². The van der Waals surface area contributed by atoms with Gasteiger partial charge >= 0.3 is 11.9 Å². The van der Waals surface area contributed by atoms with Crippen LogP contribution < -0.4 is 10.6 Å². The number of carboxylic acid groups (broad SMARTS) is 2. The van der Waals surface area contributed by atoms with Crippen LogP contribution in [-0.4, -0.2) is 58.3 Å². The normalized spacial score (nSPS) is 11.7. The molecule has 0 aliphatic rings. The SMILES string of the molecule is O=C(O)CCCCCCCCCCCCCCCCC(=O)N[C@@H](CCC(=O)NCCO)C(=O)O. The van der Waals surface area contributed by atoms with Crippen molar-refractivity contribution in [2.75, 3.05) is 13.2 Å². The monoisotopic (exact) mass is 486 g/mol. The molecule has 0 aliphatic heterocycles. The molecule has 1 atom stereocenters. The number of hydrogen-bond donors (Lipinski definition) is 5. The highest BCUT2D eigenvalue weighted by Crippen LogP contribution is 2.14. The lowest BCUT2D eigenvalue weighted by Gasteiger charge is -2.14. The quantitative estimate of drug-likeness (QED) is 0.130. The molecule has 0 radical (unpaired) electrons. The summed E-state index contributed by atoms with van der Waals surface area (Å²) in [4.78, 5) is 45.2. The van der Waals surface area contributed by atoms with Crippen molar-refractivity contribution in [3.8, 4) is 0 Å². The van der Waals surface area contributed by atoms with Crippen LogP contribution in [0.5, 0.6) is 0 Å². The fraction of sp³-hybridized carbons (Fsp3) is 0.840. The Labute approximate surface area is 204 Å². The Kier molecular flexibility index (Phi) is 21.2. The Morgan fingerprint density at radius 1 is 0.588 bits per heavy atom. The van der Waals surface area contributed by atoms with E-state index in [0.29, 0.717) is 0 Å². The Morgan fingerprint density at radius 2 is 1.03 bits per heavy atom. The molecule has 34 heavy (non-hydrogen) atoms. The van der Waals surface area contributed by atoms with Gasteiger partial charge in [0.15, 0.2) is 0 Å². The molecule has 0 unspecified atom stereocenters. The molecular formula is C25H46N2O7. The van der Waals surface area contributed by atoms with Crippen molar-refractivity contribution in [3.63, 3.8) is 0 Å². The number of nitrogens with one attached hydrogen (secondary N) is 2. The van der Waals surface area contributed by atoms with Gasteiger partial charge in [-0.2, -0.15) is 0 Å². The number of aliphatic hydroxyl groups is 1. The highest BCUT2D eigenvalue weighted by atomic mass is 16.4. The number of aliphatic carboxylic acids is 2. The minimum Gasteiger partial charge on any atom is -0.481 e. The average Bonchev–Trinajstić information content (AvgIpc) is 2.79. The first-order valence-electron chi connectivity index (χ1n) is 13.0. The Balaban J connectivity index is 3.55. The summed E-state index contributed by atoms with van der Waals surface area (Å²) in [5.41, 5.74) is 0. The van der Waals surface area contributed by atoms with Crippen LogP contribution in [0.4, 0.5) is 0 Å². The van der Waals surface area contributed by atoms with E-state index >= 15 is 0 Å². The van der Waals surface area contributed by atoms with E-state index in [1.165, 1.54) is 44.9 Å². The van der Waals surface area contributed by atoms with Crippen LogP contribution in [0.2, 0.25) is 0 Å². The Morgan fingerprint density at radius 3 is 1.44 bits per heavy atom. The van der Waals surface area contributed by atoms with Crippen molar-refractivity contribution in [1.82, 2.24) is 10.6 Å². The largest absolute Gasteiger partial charge is 0.481 e. The molecule has 5 N–H and O–H groups in total. The van der Waals surface area contributed by atoms with Crippen LogP contribution in [0.1, 0.15) is 116 Å². The number of unbranched alkanes of at least 4 members (excludes halogenated alkanes) is 13. The zero-order valence-electron chi connectivity index (χ0n) is 20.7. The van der Waals surface area contributed by atoms with E-state index in [1.807, 2.05) is 0 Å². The molecule has 0 aliphatic carbocycles. The zero-order valence-corrected chi connectivity index (χ0v) is 20.7. The third-order valence-corrected chi connectivity index (χ3v) is 5.77. The standard InChI is InChI=1S/C25H46N2O7/c28-20-19-26-22(29)18-17-21(25(33)34)27-23(30)15-13-11-9-7-5-3-1-2-4-6-8-10-12-14-16-24(31)32/h21,28H,1-20H2,(H,26,29)(H,27,30)(H,31,32)(H,33,34)/t21-/m0/s1. The van der Waals surface area contributed by atoms with Crippen molar-refractivity contribution in [1.29, 1.82) is 0 Å². The number of amides is 2. The molecule has 0 fully saturated rings. The third-order valence-electron chi connectivity index (χ3n) is 5.77. The first-order chi connectivity index (χ1) is 16.4. The smallest absolute Gasteiger partial charge is 0.326 e. The molecule has 0 bridgehead atoms. The topological polar surface area (TPSA) is 153 Å². The molecule has 0 spiro atoms. The van der Waals surface area contributed by atoms with Crippen LogP contribution in [0, 0.1) is 0 Å². The van der Waals surface area contributed by atoms with E-state index < -0.39 is 18.0 Å². The minimum atomic E-state index is -1.15. The van der Waals surface area contributed by atoms with Crippen molar-refractivity contribution in [2.24, 2.45) is 0 Å². The number of rotatable bonds is 24. The van der Waals surface area contributed by atoms with Gasteiger partial charge in [0.1, 0.15) is 6.04 Å². The van der Waals surface area contributed by atoms with Gasteiger partial charge in [0.05, 0.1) is 6.61 Å². The Bertz CT molecular complexity index is 569. The lowest BCUT2D eigenvalue weighted by atomic mass is 10.0. The van der Waals surface area contributed by atoms with E-state index in [4.69, 9.17) is 10.2 Å². The minimum absolute atomic E-state index is 0.0190. The number of aliphatic hydroxyl groups excluding tert-OH is 1. The molecule has 198 valence electrons. The molecule has 9 nitrogen and oxygen atoms in total. The van der Waals surface area contributed by atoms with Gasteiger partial charge in [-0.15, -0.1) is 0 Å². The zero-order chi connectivity index (χ0) is 25.4. The van der Waals surface area contributed by atoms with Gasteiger partial charge in [-0.3, -0.25) is 14.4 Å². The lowest BCUT2D eigenvalue weighted by molar-refractivity contribution is -0.142. The summed E-state index contributed by atoms with van der Waals surface area (Å²) in [6.45, 7) is -0.0491. The lowest BCUT2D eigenvalue weighted by Crippen LogP contribution is -2.41. The number of carbonyl (C=O) groups excluding carboxylic acids is 2. The highest BCUT2D eigenvalue weighted by Gasteiger charge is 2.20. The molecule has 0 saturated heterocycles. The molecule has 0 aromatic rings. The highest BCUT2D eigenvalue weighted by molar-refractivity contribution is 5.84. The second kappa shape index (κ2) is 22.6. The maximum atomic E-state index is 12.0. The summed E-state index contributed by atoms with van der Waals surface area (Å²) in [6.07, 6.45) is 16.0. The number of hydrogen-bond acceptors (Lipinski definition) is 5. The fourth-order valence-electron chi connectivity index (χ4n) is 3.77. The van der Waals surface area contributed by atoms with Crippen molar-refractivity contribution in [3.05, 3.63) is 0 Å². The maximum absolute atomic E-state index is 12.0. The molecule has 9 heteroatoms. The molecule has 0 aromatic carbocycles. The van der Waals surface area contributed by atoms with Crippen LogP contribution >= 0.6 is 0 Å². The summed E-state index contributed by atoms with van der Waals surface area (Å²) in [5.74, 6) is -2.51. The van der Waals surface area contributed by atoms with E-state index in [2.05, 4.69) is 10.6 Å². The number of carboxylic acids is 2. The van der Waals surface area contributed by atoms with Gasteiger partial charge in [-0.25, -0.2) is 4.79 Å². The van der Waals surface area contributed by atoms with Gasteiger partial charge in [0.2, 0.25) is 11.8 Å². The van der Waals surface area contributed by atoms with Crippen molar-refractivity contribution < 1.29 is 34.5 Å². The first kappa shape index (κ1) is 31.8. The predicted molar refractivity (Wildman–Crippen MR) is 130 cm³/mol. The van der Waals surface area contributed by atoms with Gasteiger partial charge in [-0.1, -0.05) is 77.0 Å². The third kappa shape index (κ3) is 21.7. The summed E-state index contributed by atoms with van der Waals surface area (Å²) in [5, 5.41) is 31.4. The molecular weight excluding hydrogens is 440 g/mol. The van der Waals surface area contributed by atoms with E-state index in [-0.39, 0.29) is 50.6 Å². The van der Waals surface area contributed by atoms with Gasteiger partial charge < -0.3 is 26.0 Å². The maximum Gasteiger partial charge on any atom is 0.326 e. The molecule has 0 rings (SSSR count). The summed E-state index contributed by atoms with van der Waals surface area (Å²) >= 11 is 0. The summed E-state index contributed by atoms with van der Waals surface area (Å²) in [7, 11) is 0. The molecule has 0 saturated carbocycles. The van der Waals surface area contributed by atoms with Crippen LogP contribution in [-0.2, 0) is 19.2 Å². The molecule has 0 heterocycles. The Hall–Kier alpha value is -2.16. The van der Waals surface area contributed by atoms with Crippen LogP contribution in [0.3, 0.4) is 0 Å². The molecule has 2 amide bonds. The number of carbonyl (C=O) groups is 4. The molecule has 0 aromatic heterocycles. The fourth-order valence-corrected chi connectivity index (χ4v) is 3.77. The van der Waals surface area contributed by atoms with E-state index in [9.17, 15) is 24.3 Å². The second-order valence-corrected chi connectivity index (χ2v) is 8.91. The van der Waals surface area contributed by atoms with Crippen molar-refractivity contribution in [2.45, 2.75) is 122 Å². The summed E-state index contributed by atoms with van der Waals surface area (Å²) < 4.78 is 0. The second-order valence-electron chi connectivity index (χ2n) is 8.91. The van der Waals surface area contributed by atoms with Crippen molar-refractivity contribution >= 4 is 23.8 Å². The average molecular weight is 487 g/mol. The predicted octanol–water partition coefficient (Wildman–Crippen LogP) is 3.77. The first-order valence-corrected chi connectivity index (χ1v) is 13.0. The van der Waals surface area contributed by atoms with Gasteiger partial charge in [-0.05, 0) is 19.3 Å². The van der Waals surface area contributed by atoms with Crippen LogP contribution in [0.25, 0.3) is 0 Å². The van der Waals surface area contributed by atoms with Gasteiger partial charge in [0, 0.05) is 25.8 Å².